The van der Waals surface area contributed by atoms with Gasteiger partial charge in [0.15, 0.2) is 17.5 Å². The van der Waals surface area contributed by atoms with Crippen LogP contribution in [0.15, 0.2) is 35.6 Å². The molecule has 1 aliphatic heterocycles. The van der Waals surface area contributed by atoms with Gasteiger partial charge in [0.1, 0.15) is 18.3 Å². The van der Waals surface area contributed by atoms with Gasteiger partial charge in [0.2, 0.25) is 0 Å². The van der Waals surface area contributed by atoms with Crippen molar-refractivity contribution in [3.63, 3.8) is 0 Å². The molecule has 1 aromatic heterocycles. The van der Waals surface area contributed by atoms with E-state index in [4.69, 9.17) is 14.5 Å². The van der Waals surface area contributed by atoms with Gasteiger partial charge in [-0.25, -0.2) is 9.98 Å². The molecular weight excluding hydrogens is 483 g/mol. The van der Waals surface area contributed by atoms with Gasteiger partial charge >= 0.3 is 0 Å². The molecule has 8 nitrogen and oxygen atoms in total. The molecule has 2 aromatic rings. The lowest BCUT2D eigenvalue weighted by molar-refractivity contribution is 0.218. The van der Waals surface area contributed by atoms with E-state index in [2.05, 4.69) is 32.3 Å². The first-order valence-electron chi connectivity index (χ1n) is 9.89. The Bertz CT molecular complexity index is 747. The number of likely N-dealkylation sites (tertiary alicyclic amines) is 1. The topological polar surface area (TPSA) is 87.7 Å². The molecule has 3 rings (SSSR count). The van der Waals surface area contributed by atoms with Crippen LogP contribution in [0.4, 0.5) is 0 Å². The van der Waals surface area contributed by atoms with Gasteiger partial charge in [-0.3, -0.25) is 5.10 Å². The average molecular weight is 514 g/mol. The van der Waals surface area contributed by atoms with Gasteiger partial charge in [-0.1, -0.05) is 12.1 Å². The third-order valence-electron chi connectivity index (χ3n) is 4.85. The molecule has 2 heterocycles. The van der Waals surface area contributed by atoms with Crippen molar-refractivity contribution < 1.29 is 9.47 Å². The fourth-order valence-corrected chi connectivity index (χ4v) is 3.39. The molecule has 1 atom stereocenters. The number of hydrogen-bond acceptors (Lipinski definition) is 5. The number of rotatable bonds is 7. The highest BCUT2D eigenvalue weighted by atomic mass is 127. The smallest absolute Gasteiger partial charge is 0.194 e. The van der Waals surface area contributed by atoms with E-state index in [0.29, 0.717) is 12.5 Å². The summed E-state index contributed by atoms with van der Waals surface area (Å²) in [7, 11) is 1.65. The van der Waals surface area contributed by atoms with Crippen LogP contribution >= 0.6 is 24.0 Å². The van der Waals surface area contributed by atoms with Gasteiger partial charge in [-0.15, -0.1) is 24.0 Å². The van der Waals surface area contributed by atoms with Gasteiger partial charge in [-0.05, 0) is 38.8 Å². The molecule has 29 heavy (non-hydrogen) atoms. The summed E-state index contributed by atoms with van der Waals surface area (Å²) in [6, 6.07) is 7.68. The quantitative estimate of drug-likeness (QED) is 0.336. The Morgan fingerprint density at radius 1 is 1.31 bits per heavy atom. The molecule has 0 amide bonds. The Labute approximate surface area is 189 Å². The zero-order chi connectivity index (χ0) is 19.8. The molecule has 1 aliphatic rings. The molecule has 1 saturated heterocycles. The third-order valence-corrected chi connectivity index (χ3v) is 4.85. The molecule has 160 valence electrons. The lowest BCUT2D eigenvalue weighted by Gasteiger charge is -2.33. The number of guanidine groups is 1. The van der Waals surface area contributed by atoms with Crippen LogP contribution in [0.1, 0.15) is 38.4 Å². The highest BCUT2D eigenvalue weighted by Gasteiger charge is 2.24. The minimum Gasteiger partial charge on any atom is -0.493 e. The van der Waals surface area contributed by atoms with E-state index < -0.39 is 0 Å². The van der Waals surface area contributed by atoms with E-state index in [9.17, 15) is 0 Å². The second kappa shape index (κ2) is 11.8. The van der Waals surface area contributed by atoms with E-state index >= 15 is 0 Å². The second-order valence-electron chi connectivity index (χ2n) is 6.91. The summed E-state index contributed by atoms with van der Waals surface area (Å²) in [6.45, 7) is 7.41. The lowest BCUT2D eigenvalue weighted by atomic mass is 9.96. The minimum absolute atomic E-state index is 0. The number of halogens is 1. The number of aromatic amines is 1. The highest BCUT2D eigenvalue weighted by molar-refractivity contribution is 14.0. The minimum atomic E-state index is -0.0586. The number of methoxy groups -OCH3 is 1. The summed E-state index contributed by atoms with van der Waals surface area (Å²) in [5.74, 6) is 3.84. The first-order valence-corrected chi connectivity index (χ1v) is 9.89. The predicted octanol–water partition coefficient (Wildman–Crippen LogP) is 3.04. The Morgan fingerprint density at radius 3 is 2.66 bits per heavy atom. The van der Waals surface area contributed by atoms with Crippen molar-refractivity contribution in [3.05, 3.63) is 36.4 Å². The van der Waals surface area contributed by atoms with E-state index in [-0.39, 0.29) is 30.1 Å². The van der Waals surface area contributed by atoms with Crippen molar-refractivity contribution in [1.29, 1.82) is 0 Å². The highest BCUT2D eigenvalue weighted by Crippen LogP contribution is 2.27. The van der Waals surface area contributed by atoms with E-state index in [1.54, 1.807) is 13.4 Å². The number of H-pyrrole nitrogens is 1. The van der Waals surface area contributed by atoms with Gasteiger partial charge in [0.25, 0.3) is 0 Å². The summed E-state index contributed by atoms with van der Waals surface area (Å²) >= 11 is 0. The van der Waals surface area contributed by atoms with Crippen molar-refractivity contribution in [2.45, 2.75) is 38.7 Å². The maximum absolute atomic E-state index is 6.02. The van der Waals surface area contributed by atoms with Crippen LogP contribution in [-0.4, -0.2) is 65.4 Å². The van der Waals surface area contributed by atoms with Crippen molar-refractivity contribution in [2.75, 3.05) is 33.3 Å². The third kappa shape index (κ3) is 6.48. The van der Waals surface area contributed by atoms with Crippen LogP contribution in [0.2, 0.25) is 0 Å². The number of ether oxygens (including phenoxy) is 2. The molecule has 2 N–H and O–H groups in total. The number of benzene rings is 1. The summed E-state index contributed by atoms with van der Waals surface area (Å²) in [5.41, 5.74) is 0. The maximum Gasteiger partial charge on any atom is 0.194 e. The molecule has 0 saturated carbocycles. The summed E-state index contributed by atoms with van der Waals surface area (Å²) < 4.78 is 11.4. The van der Waals surface area contributed by atoms with Crippen molar-refractivity contribution in [2.24, 2.45) is 4.99 Å². The molecule has 9 heteroatoms. The number of aliphatic imine (C=N–C) groups is 1. The number of piperidine rings is 1. The monoisotopic (exact) mass is 514 g/mol. The number of para-hydroxylation sites is 2. The zero-order valence-electron chi connectivity index (χ0n) is 17.3. The van der Waals surface area contributed by atoms with Gasteiger partial charge in [0.05, 0.1) is 13.7 Å². The SMILES string of the molecule is CCNC(=NCC(C)Oc1ccccc1OC)N1CCC(c2ncn[nH]2)CC1.I. The predicted molar refractivity (Wildman–Crippen MR) is 124 cm³/mol. The zero-order valence-corrected chi connectivity index (χ0v) is 19.6. The molecular formula is C20H31IN6O2. The molecule has 1 fully saturated rings. The largest absolute Gasteiger partial charge is 0.493 e. The Balaban J connectivity index is 0.00000300. The van der Waals surface area contributed by atoms with Crippen molar-refractivity contribution in [1.82, 2.24) is 25.4 Å². The molecule has 1 unspecified atom stereocenters. The summed E-state index contributed by atoms with van der Waals surface area (Å²) in [4.78, 5) is 11.4. The normalized spacial score (nSPS) is 16.1. The van der Waals surface area contributed by atoms with Crippen LogP contribution in [0.5, 0.6) is 11.5 Å². The first-order chi connectivity index (χ1) is 13.7. The van der Waals surface area contributed by atoms with Crippen molar-refractivity contribution in [3.8, 4) is 11.5 Å². The fraction of sp³-hybridized carbons (Fsp3) is 0.550. The maximum atomic E-state index is 6.02. The van der Waals surface area contributed by atoms with Crippen LogP contribution in [0.25, 0.3) is 0 Å². The number of hydrogen-bond donors (Lipinski definition) is 2. The summed E-state index contributed by atoms with van der Waals surface area (Å²) in [5, 5.41) is 10.4. The van der Waals surface area contributed by atoms with Crippen LogP contribution in [-0.2, 0) is 0 Å². The summed E-state index contributed by atoms with van der Waals surface area (Å²) in [6.07, 6.45) is 3.59. The lowest BCUT2D eigenvalue weighted by Crippen LogP contribution is -2.45. The van der Waals surface area contributed by atoms with Crippen LogP contribution in [0.3, 0.4) is 0 Å². The van der Waals surface area contributed by atoms with Crippen LogP contribution < -0.4 is 14.8 Å². The molecule has 0 bridgehead atoms. The number of nitrogens with one attached hydrogen (secondary N) is 2. The molecule has 0 radical (unpaired) electrons. The average Bonchev–Trinajstić information content (AvgIpc) is 3.26. The van der Waals surface area contributed by atoms with Gasteiger partial charge in [0, 0.05) is 25.6 Å². The van der Waals surface area contributed by atoms with E-state index in [1.165, 1.54) is 0 Å². The Hall–Kier alpha value is -2.04. The van der Waals surface area contributed by atoms with E-state index in [1.807, 2.05) is 31.2 Å². The number of nitrogens with zero attached hydrogens (tertiary/aromatic N) is 4. The van der Waals surface area contributed by atoms with Gasteiger partial charge < -0.3 is 19.7 Å². The Kier molecular flexibility index (Phi) is 9.49. The van der Waals surface area contributed by atoms with Crippen LogP contribution in [0, 0.1) is 0 Å². The second-order valence-corrected chi connectivity index (χ2v) is 6.91. The Morgan fingerprint density at radius 2 is 2.03 bits per heavy atom. The van der Waals surface area contributed by atoms with Crippen molar-refractivity contribution >= 4 is 29.9 Å². The fourth-order valence-electron chi connectivity index (χ4n) is 3.39. The first kappa shape index (κ1) is 23.2. The molecule has 0 spiro atoms. The number of aromatic nitrogens is 3. The molecule has 1 aromatic carbocycles. The molecule has 0 aliphatic carbocycles. The van der Waals surface area contributed by atoms with Gasteiger partial charge in [-0.2, -0.15) is 5.10 Å². The standard InChI is InChI=1S/C20H30N6O2.HI/c1-4-21-20(26-11-9-16(10-12-26)19-23-14-24-25-19)22-13-15(2)28-18-8-6-5-7-17(18)27-3;/h5-8,14-16H,4,9-13H2,1-3H3,(H,21,22)(H,23,24,25);1H. The van der Waals surface area contributed by atoms with E-state index in [0.717, 1.165) is 55.8 Å².